The molecule has 3 nitrogen and oxygen atoms in total. The molecule has 1 N–H and O–H groups in total. The van der Waals surface area contributed by atoms with E-state index in [9.17, 15) is 5.11 Å². The van der Waals surface area contributed by atoms with E-state index in [1.54, 1.807) is 6.26 Å². The molecule has 1 spiro atoms. The number of benzene rings is 1. The lowest BCUT2D eigenvalue weighted by Crippen LogP contribution is -2.50. The van der Waals surface area contributed by atoms with E-state index in [0.717, 1.165) is 12.0 Å². The van der Waals surface area contributed by atoms with Crippen LogP contribution in [0.4, 0.5) is 0 Å². The Morgan fingerprint density at radius 2 is 1.94 bits per heavy atom. The van der Waals surface area contributed by atoms with E-state index in [1.807, 2.05) is 36.4 Å². The molecule has 3 rings (SSSR count). The second-order valence-electron chi connectivity index (χ2n) is 4.61. The van der Waals surface area contributed by atoms with Crippen molar-refractivity contribution in [1.82, 2.24) is 0 Å². The molecule has 2 aliphatic heterocycles. The molecule has 0 amide bonds. The molecule has 1 aromatic carbocycles. The van der Waals surface area contributed by atoms with Gasteiger partial charge >= 0.3 is 0 Å². The summed E-state index contributed by atoms with van der Waals surface area (Å²) >= 11 is 0. The summed E-state index contributed by atoms with van der Waals surface area (Å²) in [5.41, 5.74) is -0.174. The highest BCUT2D eigenvalue weighted by Crippen LogP contribution is 2.48. The highest BCUT2D eigenvalue weighted by Gasteiger charge is 2.58. The third-order valence-electron chi connectivity index (χ3n) is 3.68. The number of hydrogen-bond donors (Lipinski definition) is 1. The minimum Gasteiger partial charge on any atom is -0.467 e. The zero-order valence-corrected chi connectivity index (χ0v) is 9.63. The molecule has 2 unspecified atom stereocenters. The average molecular weight is 232 g/mol. The minimum atomic E-state index is -1.04. The second kappa shape index (κ2) is 3.86. The first-order valence-electron chi connectivity index (χ1n) is 6.02. The second-order valence-corrected chi connectivity index (χ2v) is 4.61. The number of hydrogen-bond acceptors (Lipinski definition) is 3. The van der Waals surface area contributed by atoms with Crippen molar-refractivity contribution >= 4 is 0 Å². The number of rotatable bonds is 1. The highest BCUT2D eigenvalue weighted by atomic mass is 16.7. The van der Waals surface area contributed by atoms with Gasteiger partial charge in [0.15, 0.2) is 5.60 Å². The maximum Gasteiger partial charge on any atom is 0.243 e. The van der Waals surface area contributed by atoms with E-state index in [1.165, 1.54) is 0 Å². The quantitative estimate of drug-likeness (QED) is 0.807. The Morgan fingerprint density at radius 1 is 1.12 bits per heavy atom. The monoisotopic (exact) mass is 232 g/mol. The van der Waals surface area contributed by atoms with Gasteiger partial charge < -0.3 is 14.6 Å². The van der Waals surface area contributed by atoms with Gasteiger partial charge in [0.2, 0.25) is 5.79 Å². The molecular formula is C14H16O3. The fourth-order valence-corrected chi connectivity index (χ4v) is 2.72. The van der Waals surface area contributed by atoms with Crippen LogP contribution in [0, 0.1) is 0 Å². The summed E-state index contributed by atoms with van der Waals surface area (Å²) in [4.78, 5) is 0. The standard InChI is InChI=1S/C14H16O3/c15-13(12-6-2-1-3-7-12)9-11-17-14(13)8-4-5-10-16-14/h1-3,5-7,10,15H,4,8-9,11H2. The van der Waals surface area contributed by atoms with Crippen molar-refractivity contribution in [3.05, 3.63) is 48.2 Å². The van der Waals surface area contributed by atoms with Crippen LogP contribution in [0.5, 0.6) is 0 Å². The molecule has 2 atom stereocenters. The first-order chi connectivity index (χ1) is 8.27. The van der Waals surface area contributed by atoms with Gasteiger partial charge in [-0.1, -0.05) is 30.3 Å². The van der Waals surface area contributed by atoms with Gasteiger partial charge in [-0.05, 0) is 18.1 Å². The largest absolute Gasteiger partial charge is 0.467 e. The molecule has 0 bridgehead atoms. The van der Waals surface area contributed by atoms with Crippen molar-refractivity contribution in [3.8, 4) is 0 Å². The van der Waals surface area contributed by atoms with Gasteiger partial charge in [0, 0.05) is 12.8 Å². The van der Waals surface area contributed by atoms with Gasteiger partial charge in [-0.15, -0.1) is 0 Å². The van der Waals surface area contributed by atoms with Gasteiger partial charge in [0.25, 0.3) is 0 Å². The lowest BCUT2D eigenvalue weighted by atomic mass is 9.81. The minimum absolute atomic E-state index is 0.527. The Labute approximate surface area is 101 Å². The smallest absolute Gasteiger partial charge is 0.243 e. The van der Waals surface area contributed by atoms with Crippen LogP contribution < -0.4 is 0 Å². The molecule has 1 fully saturated rings. The first kappa shape index (κ1) is 10.8. The third-order valence-corrected chi connectivity index (χ3v) is 3.68. The Balaban J connectivity index is 2.03. The molecule has 0 aliphatic carbocycles. The maximum absolute atomic E-state index is 11.0. The fraction of sp³-hybridized carbons (Fsp3) is 0.429. The molecule has 1 aromatic rings. The van der Waals surface area contributed by atoms with Crippen molar-refractivity contribution in [2.75, 3.05) is 6.61 Å². The zero-order chi connectivity index (χ0) is 11.8. The normalized spacial score (nSPS) is 36.1. The van der Waals surface area contributed by atoms with Crippen LogP contribution in [0.15, 0.2) is 42.7 Å². The summed E-state index contributed by atoms with van der Waals surface area (Å²) in [6.07, 6.45) is 5.73. The molecule has 0 radical (unpaired) electrons. The van der Waals surface area contributed by atoms with Crippen molar-refractivity contribution in [2.45, 2.75) is 30.7 Å². The van der Waals surface area contributed by atoms with Crippen LogP contribution in [0.25, 0.3) is 0 Å². The van der Waals surface area contributed by atoms with Gasteiger partial charge in [0.1, 0.15) is 0 Å². The molecule has 0 saturated carbocycles. The Kier molecular flexibility index (Phi) is 2.45. The molecule has 2 aliphatic rings. The zero-order valence-electron chi connectivity index (χ0n) is 9.63. The van der Waals surface area contributed by atoms with Crippen LogP contribution in [-0.2, 0) is 15.1 Å². The van der Waals surface area contributed by atoms with Crippen molar-refractivity contribution in [3.63, 3.8) is 0 Å². The summed E-state index contributed by atoms with van der Waals surface area (Å²) in [6, 6.07) is 9.66. The van der Waals surface area contributed by atoms with E-state index in [2.05, 4.69) is 0 Å². The fourth-order valence-electron chi connectivity index (χ4n) is 2.72. The Morgan fingerprint density at radius 3 is 2.65 bits per heavy atom. The third kappa shape index (κ3) is 1.50. The summed E-state index contributed by atoms with van der Waals surface area (Å²) in [5, 5.41) is 11.0. The summed E-state index contributed by atoms with van der Waals surface area (Å²) in [6.45, 7) is 0.527. The molecule has 2 heterocycles. The van der Waals surface area contributed by atoms with E-state index in [-0.39, 0.29) is 0 Å². The summed E-state index contributed by atoms with van der Waals surface area (Å²) in [7, 11) is 0. The van der Waals surface area contributed by atoms with Crippen LogP contribution in [0.3, 0.4) is 0 Å². The molecule has 1 saturated heterocycles. The number of ether oxygens (including phenoxy) is 2. The molecule has 3 heteroatoms. The SMILES string of the molecule is OC1(c2ccccc2)CCOC12CCC=CO2. The highest BCUT2D eigenvalue weighted by molar-refractivity contribution is 5.27. The Bertz CT molecular complexity index is 428. The van der Waals surface area contributed by atoms with E-state index in [4.69, 9.17) is 9.47 Å². The predicted molar refractivity (Wildman–Crippen MR) is 63.1 cm³/mol. The first-order valence-corrected chi connectivity index (χ1v) is 6.02. The molecule has 17 heavy (non-hydrogen) atoms. The van der Waals surface area contributed by atoms with Gasteiger partial charge in [-0.25, -0.2) is 0 Å². The van der Waals surface area contributed by atoms with Crippen LogP contribution in [-0.4, -0.2) is 17.5 Å². The van der Waals surface area contributed by atoms with Crippen LogP contribution >= 0.6 is 0 Å². The van der Waals surface area contributed by atoms with Crippen molar-refractivity contribution in [2.24, 2.45) is 0 Å². The Hall–Kier alpha value is -1.32. The van der Waals surface area contributed by atoms with Gasteiger partial charge in [0.05, 0.1) is 12.9 Å². The lowest BCUT2D eigenvalue weighted by Gasteiger charge is -2.41. The number of allylic oxidation sites excluding steroid dienone is 1. The summed E-state index contributed by atoms with van der Waals surface area (Å²) < 4.78 is 11.4. The molecule has 90 valence electrons. The number of aliphatic hydroxyl groups is 1. The van der Waals surface area contributed by atoms with Crippen molar-refractivity contribution in [1.29, 1.82) is 0 Å². The van der Waals surface area contributed by atoms with E-state index < -0.39 is 11.4 Å². The van der Waals surface area contributed by atoms with Crippen molar-refractivity contribution < 1.29 is 14.6 Å². The van der Waals surface area contributed by atoms with E-state index in [0.29, 0.717) is 19.4 Å². The molecule has 0 aromatic heterocycles. The topological polar surface area (TPSA) is 38.7 Å². The van der Waals surface area contributed by atoms with Gasteiger partial charge in [-0.3, -0.25) is 0 Å². The van der Waals surface area contributed by atoms with Crippen LogP contribution in [0.2, 0.25) is 0 Å². The van der Waals surface area contributed by atoms with E-state index >= 15 is 0 Å². The predicted octanol–water partition coefficient (Wildman–Crippen LogP) is 2.31. The lowest BCUT2D eigenvalue weighted by molar-refractivity contribution is -0.268. The van der Waals surface area contributed by atoms with Gasteiger partial charge in [-0.2, -0.15) is 0 Å². The molecular weight excluding hydrogens is 216 g/mol. The average Bonchev–Trinajstić information content (AvgIpc) is 2.70. The summed E-state index contributed by atoms with van der Waals surface area (Å²) in [5.74, 6) is -0.900. The maximum atomic E-state index is 11.0. The van der Waals surface area contributed by atoms with Crippen LogP contribution in [0.1, 0.15) is 24.8 Å².